The Bertz CT molecular complexity index is 326. The molecule has 0 unspecified atom stereocenters. The molecule has 0 atom stereocenters. The SMILES string of the molecule is CNCN(C)CCc1ccc(OC)c(C)c1. The Kier molecular flexibility index (Phi) is 5.29. The minimum atomic E-state index is 0.926. The highest BCUT2D eigenvalue weighted by atomic mass is 16.5. The Balaban J connectivity index is 2.51. The van der Waals surface area contributed by atoms with Crippen LogP contribution in [0.2, 0.25) is 0 Å². The number of ether oxygens (including phenoxy) is 1. The van der Waals surface area contributed by atoms with Crippen LogP contribution in [0.5, 0.6) is 5.75 Å². The van der Waals surface area contributed by atoms with E-state index >= 15 is 0 Å². The molecule has 0 aliphatic carbocycles. The van der Waals surface area contributed by atoms with Crippen LogP contribution in [0.3, 0.4) is 0 Å². The van der Waals surface area contributed by atoms with Crippen molar-refractivity contribution in [3.8, 4) is 5.75 Å². The number of nitrogens with one attached hydrogen (secondary N) is 1. The lowest BCUT2D eigenvalue weighted by molar-refractivity contribution is 0.321. The summed E-state index contributed by atoms with van der Waals surface area (Å²) in [5.41, 5.74) is 2.57. The number of likely N-dealkylation sites (N-methyl/N-ethyl adjacent to an activating group) is 1. The van der Waals surface area contributed by atoms with Gasteiger partial charge in [-0.1, -0.05) is 12.1 Å². The summed E-state index contributed by atoms with van der Waals surface area (Å²) in [6.07, 6.45) is 1.07. The van der Waals surface area contributed by atoms with E-state index in [0.29, 0.717) is 0 Å². The van der Waals surface area contributed by atoms with E-state index in [0.717, 1.165) is 25.4 Å². The lowest BCUT2D eigenvalue weighted by Crippen LogP contribution is -2.30. The summed E-state index contributed by atoms with van der Waals surface area (Å²) < 4.78 is 5.24. The van der Waals surface area contributed by atoms with Gasteiger partial charge in [0.1, 0.15) is 5.75 Å². The van der Waals surface area contributed by atoms with Crippen LogP contribution in [0.1, 0.15) is 11.1 Å². The third-order valence-corrected chi connectivity index (χ3v) is 2.67. The van der Waals surface area contributed by atoms with Gasteiger partial charge in [-0.05, 0) is 44.6 Å². The second-order valence-corrected chi connectivity index (χ2v) is 4.15. The van der Waals surface area contributed by atoms with E-state index < -0.39 is 0 Å². The molecule has 0 saturated carbocycles. The predicted molar refractivity (Wildman–Crippen MR) is 68.0 cm³/mol. The first kappa shape index (κ1) is 13.0. The maximum atomic E-state index is 5.24. The third kappa shape index (κ3) is 3.83. The zero-order chi connectivity index (χ0) is 12.0. The standard InChI is InChI=1S/C13H22N2O/c1-11-9-12(5-6-13(11)16-4)7-8-15(3)10-14-2/h5-6,9,14H,7-8,10H2,1-4H3. The molecule has 3 nitrogen and oxygen atoms in total. The summed E-state index contributed by atoms with van der Waals surface area (Å²) in [6, 6.07) is 6.38. The van der Waals surface area contributed by atoms with Gasteiger partial charge in [0.25, 0.3) is 0 Å². The largest absolute Gasteiger partial charge is 0.496 e. The molecule has 16 heavy (non-hydrogen) atoms. The fourth-order valence-corrected chi connectivity index (χ4v) is 1.76. The van der Waals surface area contributed by atoms with Crippen molar-refractivity contribution in [3.63, 3.8) is 0 Å². The Hall–Kier alpha value is -1.06. The van der Waals surface area contributed by atoms with E-state index in [2.05, 4.69) is 36.3 Å². The smallest absolute Gasteiger partial charge is 0.121 e. The summed E-state index contributed by atoms with van der Waals surface area (Å²) in [5.74, 6) is 0.965. The van der Waals surface area contributed by atoms with Crippen molar-refractivity contribution in [2.75, 3.05) is 34.4 Å². The molecule has 1 aromatic rings. The van der Waals surface area contributed by atoms with Crippen molar-refractivity contribution in [1.82, 2.24) is 10.2 Å². The van der Waals surface area contributed by atoms with Crippen molar-refractivity contribution in [1.29, 1.82) is 0 Å². The molecule has 3 heteroatoms. The van der Waals surface area contributed by atoms with Gasteiger partial charge in [-0.25, -0.2) is 0 Å². The van der Waals surface area contributed by atoms with Crippen molar-refractivity contribution in [3.05, 3.63) is 29.3 Å². The molecule has 1 rings (SSSR count). The topological polar surface area (TPSA) is 24.5 Å². The molecule has 0 saturated heterocycles. The molecule has 0 spiro atoms. The normalized spacial score (nSPS) is 10.8. The molecule has 0 fully saturated rings. The summed E-state index contributed by atoms with van der Waals surface area (Å²) in [5, 5.41) is 3.14. The van der Waals surface area contributed by atoms with Crippen molar-refractivity contribution < 1.29 is 4.74 Å². The molecule has 0 bridgehead atoms. The third-order valence-electron chi connectivity index (χ3n) is 2.67. The van der Waals surface area contributed by atoms with Crippen molar-refractivity contribution >= 4 is 0 Å². The first-order valence-corrected chi connectivity index (χ1v) is 5.64. The molecular formula is C13H22N2O. The molecule has 0 radical (unpaired) electrons. The average Bonchev–Trinajstić information content (AvgIpc) is 2.27. The van der Waals surface area contributed by atoms with Gasteiger partial charge in [0, 0.05) is 13.2 Å². The Labute approximate surface area is 98.4 Å². The highest BCUT2D eigenvalue weighted by Crippen LogP contribution is 2.18. The van der Waals surface area contributed by atoms with E-state index in [1.807, 2.05) is 13.1 Å². The summed E-state index contributed by atoms with van der Waals surface area (Å²) in [6.45, 7) is 4.07. The zero-order valence-corrected chi connectivity index (χ0v) is 10.7. The average molecular weight is 222 g/mol. The monoisotopic (exact) mass is 222 g/mol. The summed E-state index contributed by atoms with van der Waals surface area (Å²) in [7, 11) is 5.80. The second kappa shape index (κ2) is 6.51. The molecule has 1 aromatic carbocycles. The van der Waals surface area contributed by atoms with E-state index in [4.69, 9.17) is 4.74 Å². The van der Waals surface area contributed by atoms with E-state index in [9.17, 15) is 0 Å². The quantitative estimate of drug-likeness (QED) is 0.741. The van der Waals surface area contributed by atoms with Gasteiger partial charge in [-0.15, -0.1) is 0 Å². The first-order chi connectivity index (χ1) is 7.67. The van der Waals surface area contributed by atoms with Crippen LogP contribution >= 0.6 is 0 Å². The van der Waals surface area contributed by atoms with Crippen molar-refractivity contribution in [2.24, 2.45) is 0 Å². The fourth-order valence-electron chi connectivity index (χ4n) is 1.76. The van der Waals surface area contributed by atoms with Crippen LogP contribution in [0.15, 0.2) is 18.2 Å². The Morgan fingerprint density at radius 1 is 1.38 bits per heavy atom. The van der Waals surface area contributed by atoms with Crippen LogP contribution in [0.25, 0.3) is 0 Å². The number of methoxy groups -OCH3 is 1. The molecule has 90 valence electrons. The van der Waals surface area contributed by atoms with Crippen LogP contribution < -0.4 is 10.1 Å². The number of rotatable bonds is 6. The van der Waals surface area contributed by atoms with Gasteiger partial charge in [-0.3, -0.25) is 4.90 Å². The molecule has 0 aromatic heterocycles. The number of hydrogen-bond donors (Lipinski definition) is 1. The lowest BCUT2D eigenvalue weighted by atomic mass is 10.1. The molecule has 0 aliphatic heterocycles. The van der Waals surface area contributed by atoms with E-state index in [-0.39, 0.29) is 0 Å². The molecule has 0 amide bonds. The second-order valence-electron chi connectivity index (χ2n) is 4.15. The highest BCUT2D eigenvalue weighted by Gasteiger charge is 2.01. The molecule has 0 aliphatic rings. The molecule has 0 heterocycles. The van der Waals surface area contributed by atoms with Gasteiger partial charge < -0.3 is 10.1 Å². The Morgan fingerprint density at radius 2 is 2.12 bits per heavy atom. The van der Waals surface area contributed by atoms with Crippen LogP contribution in [0.4, 0.5) is 0 Å². The number of aryl methyl sites for hydroxylation is 1. The van der Waals surface area contributed by atoms with Crippen molar-refractivity contribution in [2.45, 2.75) is 13.3 Å². The van der Waals surface area contributed by atoms with Gasteiger partial charge >= 0.3 is 0 Å². The number of benzene rings is 1. The van der Waals surface area contributed by atoms with Crippen LogP contribution in [-0.2, 0) is 6.42 Å². The van der Waals surface area contributed by atoms with Crippen LogP contribution in [0, 0.1) is 6.92 Å². The van der Waals surface area contributed by atoms with Gasteiger partial charge in [0.2, 0.25) is 0 Å². The lowest BCUT2D eigenvalue weighted by Gasteiger charge is -2.16. The first-order valence-electron chi connectivity index (χ1n) is 5.64. The molecular weight excluding hydrogens is 200 g/mol. The van der Waals surface area contributed by atoms with Gasteiger partial charge in [0.15, 0.2) is 0 Å². The minimum absolute atomic E-state index is 0.926. The summed E-state index contributed by atoms with van der Waals surface area (Å²) in [4.78, 5) is 2.26. The maximum absolute atomic E-state index is 5.24. The van der Waals surface area contributed by atoms with E-state index in [1.165, 1.54) is 11.1 Å². The van der Waals surface area contributed by atoms with Gasteiger partial charge in [-0.2, -0.15) is 0 Å². The predicted octanol–water partition coefficient (Wildman–Crippen LogP) is 1.65. The minimum Gasteiger partial charge on any atom is -0.496 e. The maximum Gasteiger partial charge on any atom is 0.121 e. The fraction of sp³-hybridized carbons (Fsp3) is 0.538. The van der Waals surface area contributed by atoms with Gasteiger partial charge in [0.05, 0.1) is 7.11 Å². The van der Waals surface area contributed by atoms with Crippen LogP contribution in [-0.4, -0.2) is 39.3 Å². The highest BCUT2D eigenvalue weighted by molar-refractivity contribution is 5.36. The number of nitrogens with zero attached hydrogens (tertiary/aromatic N) is 1. The molecule has 1 N–H and O–H groups in total. The van der Waals surface area contributed by atoms with E-state index in [1.54, 1.807) is 7.11 Å². The Morgan fingerprint density at radius 3 is 2.69 bits per heavy atom. The summed E-state index contributed by atoms with van der Waals surface area (Å²) >= 11 is 0. The number of hydrogen-bond acceptors (Lipinski definition) is 3. The zero-order valence-electron chi connectivity index (χ0n) is 10.7.